The molecule has 0 aliphatic heterocycles. The largest absolute Gasteiger partial charge is 0.308 e. The van der Waals surface area contributed by atoms with E-state index in [0.29, 0.717) is 0 Å². The molecule has 0 saturated carbocycles. The van der Waals surface area contributed by atoms with Crippen LogP contribution in [0.1, 0.15) is 0 Å². The van der Waals surface area contributed by atoms with E-state index in [0.717, 1.165) is 28.0 Å². The molecule has 0 bridgehead atoms. The molecular weight excluding hydrogens is 761 g/mol. The third kappa shape index (κ3) is 5.48. The molecule has 0 fully saturated rings. The van der Waals surface area contributed by atoms with Crippen molar-refractivity contribution in [3.63, 3.8) is 0 Å². The Kier molecular flexibility index (Phi) is 7.94. The van der Waals surface area contributed by atoms with Gasteiger partial charge in [0, 0.05) is 22.0 Å². The van der Waals surface area contributed by atoms with Gasteiger partial charge in [0.05, 0.1) is 22.9 Å². The molecule has 13 rings (SSSR count). The number of rotatable bonds is 6. The molecule has 292 valence electrons. The molecule has 2 nitrogen and oxygen atoms in total. The minimum atomic E-state index is 0.969. The molecular formula is C61H38N2. The number of benzene rings is 10. The van der Waals surface area contributed by atoms with Gasteiger partial charge in [0.1, 0.15) is 0 Å². The van der Waals surface area contributed by atoms with Gasteiger partial charge >= 0.3 is 0 Å². The summed E-state index contributed by atoms with van der Waals surface area (Å²) in [6, 6.07) is 81.9. The summed E-state index contributed by atoms with van der Waals surface area (Å²) >= 11 is 0. The Labute approximate surface area is 365 Å². The van der Waals surface area contributed by atoms with Crippen LogP contribution in [0.5, 0.6) is 0 Å². The van der Waals surface area contributed by atoms with Crippen LogP contribution in [0.3, 0.4) is 0 Å². The molecule has 0 amide bonds. The highest BCUT2D eigenvalue weighted by atomic mass is 15.0. The first-order valence-electron chi connectivity index (χ1n) is 21.7. The fourth-order valence-corrected chi connectivity index (χ4v) is 10.4. The van der Waals surface area contributed by atoms with Gasteiger partial charge in [-0.25, -0.2) is 0 Å². The van der Waals surface area contributed by atoms with Crippen LogP contribution >= 0.6 is 0 Å². The average Bonchev–Trinajstić information content (AvgIpc) is 3.87. The van der Waals surface area contributed by atoms with Crippen LogP contribution in [0, 0.1) is 0 Å². The molecule has 2 heteroatoms. The van der Waals surface area contributed by atoms with Crippen LogP contribution in [0.4, 0.5) is 0 Å². The maximum absolute atomic E-state index is 5.03. The monoisotopic (exact) mass is 798 g/mol. The summed E-state index contributed by atoms with van der Waals surface area (Å²) in [5.41, 5.74) is 20.5. The second kappa shape index (κ2) is 14.1. The Morgan fingerprint density at radius 3 is 1.43 bits per heavy atom. The van der Waals surface area contributed by atoms with Crippen molar-refractivity contribution < 1.29 is 0 Å². The second-order valence-corrected chi connectivity index (χ2v) is 16.6. The minimum absolute atomic E-state index is 0.969. The summed E-state index contributed by atoms with van der Waals surface area (Å²) in [5.74, 6) is 0. The van der Waals surface area contributed by atoms with E-state index in [1.807, 2.05) is 6.20 Å². The van der Waals surface area contributed by atoms with Gasteiger partial charge in [-0.05, 0) is 119 Å². The quantitative estimate of drug-likeness (QED) is 0.164. The van der Waals surface area contributed by atoms with E-state index >= 15 is 0 Å². The molecule has 1 aliphatic rings. The van der Waals surface area contributed by atoms with Crippen LogP contribution < -0.4 is 0 Å². The smallest absolute Gasteiger partial charge is 0.0724 e. The predicted octanol–water partition coefficient (Wildman–Crippen LogP) is 16.5. The standard InChI is InChI=1S/C61H38N2/c1-5-16-39(17-6-1)44-30-35-55-52(36-44)53-37-54(41-18-7-2-8-19-41)62-38-56(53)63(55)45-31-28-40(29-32-45)46-33-34-51-59-47(46)26-15-27-50(59)60-57(42-20-9-3-10-21-42)48-24-13-14-25-49(48)58(61(51)60)43-22-11-4-12-23-43/h1-38H. The highest BCUT2D eigenvalue weighted by Crippen LogP contribution is 2.58. The first kappa shape index (κ1) is 35.4. The first-order chi connectivity index (χ1) is 31.3. The van der Waals surface area contributed by atoms with Gasteiger partial charge in [0.2, 0.25) is 0 Å². The van der Waals surface area contributed by atoms with Crippen molar-refractivity contribution in [2.75, 3.05) is 0 Å². The van der Waals surface area contributed by atoms with Crippen molar-refractivity contribution in [3.8, 4) is 83.7 Å². The van der Waals surface area contributed by atoms with Gasteiger partial charge in [-0.3, -0.25) is 4.98 Å². The zero-order chi connectivity index (χ0) is 41.4. The van der Waals surface area contributed by atoms with E-state index in [1.54, 1.807) is 0 Å². The van der Waals surface area contributed by atoms with Gasteiger partial charge < -0.3 is 4.57 Å². The fraction of sp³-hybridized carbons (Fsp3) is 0. The molecule has 0 N–H and O–H groups in total. The third-order valence-electron chi connectivity index (χ3n) is 13.2. The molecule has 63 heavy (non-hydrogen) atoms. The van der Waals surface area contributed by atoms with Crippen molar-refractivity contribution in [2.45, 2.75) is 0 Å². The van der Waals surface area contributed by atoms with E-state index in [1.165, 1.54) is 99.1 Å². The Morgan fingerprint density at radius 1 is 0.286 bits per heavy atom. The molecule has 0 atom stereocenters. The van der Waals surface area contributed by atoms with Gasteiger partial charge in [0.15, 0.2) is 0 Å². The Balaban J connectivity index is 0.990. The second-order valence-electron chi connectivity index (χ2n) is 16.6. The summed E-state index contributed by atoms with van der Waals surface area (Å²) in [6.45, 7) is 0. The van der Waals surface area contributed by atoms with Gasteiger partial charge in [-0.1, -0.05) is 194 Å². The molecule has 10 aromatic carbocycles. The van der Waals surface area contributed by atoms with E-state index in [4.69, 9.17) is 4.98 Å². The Bertz CT molecular complexity index is 3550. The topological polar surface area (TPSA) is 17.8 Å². The molecule has 12 aromatic rings. The molecule has 0 radical (unpaired) electrons. The van der Waals surface area contributed by atoms with Gasteiger partial charge in [-0.15, -0.1) is 0 Å². The maximum Gasteiger partial charge on any atom is 0.0724 e. The Hall–Kier alpha value is -8.33. The highest BCUT2D eigenvalue weighted by Gasteiger charge is 2.31. The normalized spacial score (nSPS) is 11.8. The highest BCUT2D eigenvalue weighted by molar-refractivity contribution is 6.28. The summed E-state index contributed by atoms with van der Waals surface area (Å²) in [6.07, 6.45) is 2.05. The number of pyridine rings is 1. The summed E-state index contributed by atoms with van der Waals surface area (Å²) in [5, 5.41) is 7.52. The van der Waals surface area contributed by atoms with Crippen molar-refractivity contribution in [3.05, 3.63) is 231 Å². The fourth-order valence-electron chi connectivity index (χ4n) is 10.4. The van der Waals surface area contributed by atoms with Crippen LogP contribution in [-0.4, -0.2) is 9.55 Å². The minimum Gasteiger partial charge on any atom is -0.308 e. The summed E-state index contributed by atoms with van der Waals surface area (Å²) in [4.78, 5) is 5.03. The lowest BCUT2D eigenvalue weighted by Crippen LogP contribution is -1.95. The Morgan fingerprint density at radius 2 is 0.794 bits per heavy atom. The van der Waals surface area contributed by atoms with Crippen LogP contribution in [0.2, 0.25) is 0 Å². The van der Waals surface area contributed by atoms with E-state index < -0.39 is 0 Å². The summed E-state index contributed by atoms with van der Waals surface area (Å²) in [7, 11) is 0. The molecule has 1 aliphatic carbocycles. The molecule has 0 saturated heterocycles. The van der Waals surface area contributed by atoms with Crippen molar-refractivity contribution >= 4 is 43.4 Å². The molecule has 2 heterocycles. The number of hydrogen-bond acceptors (Lipinski definition) is 1. The van der Waals surface area contributed by atoms with Crippen molar-refractivity contribution in [1.29, 1.82) is 0 Å². The maximum atomic E-state index is 5.03. The lowest BCUT2D eigenvalue weighted by molar-refractivity contribution is 1.17. The van der Waals surface area contributed by atoms with Crippen LogP contribution in [0.25, 0.3) is 127 Å². The third-order valence-corrected chi connectivity index (χ3v) is 13.2. The lowest BCUT2D eigenvalue weighted by atomic mass is 9.82. The van der Waals surface area contributed by atoms with E-state index in [9.17, 15) is 0 Å². The lowest BCUT2D eigenvalue weighted by Gasteiger charge is -2.20. The zero-order valence-electron chi connectivity index (χ0n) is 34.3. The molecule has 2 aromatic heterocycles. The predicted molar refractivity (Wildman–Crippen MR) is 265 cm³/mol. The van der Waals surface area contributed by atoms with Gasteiger partial charge in [0.25, 0.3) is 0 Å². The number of hydrogen-bond donors (Lipinski definition) is 0. The number of fused-ring (bicyclic) bond motifs is 7. The van der Waals surface area contributed by atoms with Gasteiger partial charge in [-0.2, -0.15) is 0 Å². The van der Waals surface area contributed by atoms with E-state index in [-0.39, 0.29) is 0 Å². The molecule has 0 spiro atoms. The SMILES string of the molecule is c1ccc(-c2ccc3c(c2)c2cc(-c4ccccc4)ncc2n3-c2ccc(-c3ccc4c5c(cccc35)-c3c-4c(-c4ccccc4)c4ccccc4c3-c3ccccc3)cc2)cc1. The zero-order valence-corrected chi connectivity index (χ0v) is 34.3. The number of nitrogens with zero attached hydrogens (tertiary/aromatic N) is 2. The van der Waals surface area contributed by atoms with Crippen LogP contribution in [-0.2, 0) is 0 Å². The summed E-state index contributed by atoms with van der Waals surface area (Å²) < 4.78 is 2.37. The van der Waals surface area contributed by atoms with Crippen molar-refractivity contribution in [1.82, 2.24) is 9.55 Å². The van der Waals surface area contributed by atoms with Crippen LogP contribution in [0.15, 0.2) is 231 Å². The number of aromatic nitrogens is 2. The molecule has 0 unspecified atom stereocenters. The van der Waals surface area contributed by atoms with E-state index in [2.05, 4.69) is 229 Å². The van der Waals surface area contributed by atoms with Crippen molar-refractivity contribution in [2.24, 2.45) is 0 Å². The first-order valence-corrected chi connectivity index (χ1v) is 21.7. The average molecular weight is 799 g/mol.